The van der Waals surface area contributed by atoms with Gasteiger partial charge >= 0.3 is 5.97 Å². The van der Waals surface area contributed by atoms with Gasteiger partial charge in [-0.05, 0) is 66.7 Å². The Morgan fingerprint density at radius 3 is 2.67 bits per heavy atom. The van der Waals surface area contributed by atoms with E-state index in [0.29, 0.717) is 22.0 Å². The number of fused-ring (bicyclic) bond motifs is 1. The molecule has 1 N–H and O–H groups in total. The van der Waals surface area contributed by atoms with Crippen LogP contribution in [0.15, 0.2) is 33.8 Å². The van der Waals surface area contributed by atoms with Crippen LogP contribution in [0.3, 0.4) is 0 Å². The van der Waals surface area contributed by atoms with Gasteiger partial charge in [-0.2, -0.15) is 0 Å². The minimum atomic E-state index is -0.661. The van der Waals surface area contributed by atoms with Gasteiger partial charge in [0.25, 0.3) is 5.03 Å². The molecule has 1 unspecified atom stereocenters. The summed E-state index contributed by atoms with van der Waals surface area (Å²) in [5.74, 6) is -0.779. The summed E-state index contributed by atoms with van der Waals surface area (Å²) in [6.07, 6.45) is 3.72. The van der Waals surface area contributed by atoms with E-state index in [9.17, 15) is 14.7 Å². The number of carbonyl (C=O) groups excluding carboxylic acids is 2. The third-order valence-electron chi connectivity index (χ3n) is 5.34. The molecule has 3 aromatic rings. The molecule has 33 heavy (non-hydrogen) atoms. The van der Waals surface area contributed by atoms with Crippen molar-refractivity contribution in [2.45, 2.75) is 42.9 Å². The van der Waals surface area contributed by atoms with Gasteiger partial charge in [-0.25, -0.2) is 4.79 Å². The number of amides is 1. The predicted octanol–water partition coefficient (Wildman–Crippen LogP) is 2.88. The maximum absolute atomic E-state index is 13.0. The second-order valence-corrected chi connectivity index (χ2v) is 9.87. The molecule has 1 aromatic carbocycles. The summed E-state index contributed by atoms with van der Waals surface area (Å²) in [6, 6.07) is 6.93. The zero-order valence-corrected chi connectivity index (χ0v) is 20.0. The lowest BCUT2D eigenvalue weighted by atomic mass is 9.95. The average molecular weight is 490 g/mol. The average Bonchev–Trinajstić information content (AvgIpc) is 3.38. The molecular formula is C22H23N3O6S2. The molecule has 0 aliphatic heterocycles. The fourth-order valence-corrected chi connectivity index (χ4v) is 5.79. The molecule has 1 amide bonds. The number of nitrogens with one attached hydrogen (secondary N) is 1. The summed E-state index contributed by atoms with van der Waals surface area (Å²) in [5.41, 5.74) is 1.99. The van der Waals surface area contributed by atoms with Gasteiger partial charge in [0.1, 0.15) is 10.8 Å². The van der Waals surface area contributed by atoms with E-state index in [1.807, 2.05) is 0 Å². The van der Waals surface area contributed by atoms with E-state index in [1.165, 1.54) is 23.1 Å². The van der Waals surface area contributed by atoms with Crippen LogP contribution < -0.4 is 19.8 Å². The molecule has 2 aromatic heterocycles. The van der Waals surface area contributed by atoms with Crippen molar-refractivity contribution in [1.82, 2.24) is 5.27 Å². The van der Waals surface area contributed by atoms with Crippen molar-refractivity contribution in [1.29, 1.82) is 0 Å². The Kier molecular flexibility index (Phi) is 6.89. The highest BCUT2D eigenvalue weighted by atomic mass is 32.2. The fourth-order valence-electron chi connectivity index (χ4n) is 3.63. The molecule has 0 radical (unpaired) electrons. The van der Waals surface area contributed by atoms with E-state index >= 15 is 0 Å². The van der Waals surface area contributed by atoms with Crippen LogP contribution in [0.25, 0.3) is 5.69 Å². The van der Waals surface area contributed by atoms with Gasteiger partial charge in [0.2, 0.25) is 11.6 Å². The molecule has 11 heteroatoms. The number of rotatable bonds is 7. The van der Waals surface area contributed by atoms with Gasteiger partial charge in [-0.3, -0.25) is 4.79 Å². The van der Waals surface area contributed by atoms with Gasteiger partial charge < -0.3 is 24.4 Å². The van der Waals surface area contributed by atoms with Crippen LogP contribution in [0.5, 0.6) is 11.7 Å². The number of thioether (sulfide) groups is 1. The molecule has 9 nitrogen and oxygen atoms in total. The maximum Gasteiger partial charge on any atom is 0.341 e. The Balaban J connectivity index is 1.54. The summed E-state index contributed by atoms with van der Waals surface area (Å²) in [6.45, 7) is 1.68. The van der Waals surface area contributed by atoms with Crippen molar-refractivity contribution in [3.8, 4) is 17.4 Å². The normalized spacial score (nSPS) is 13.8. The van der Waals surface area contributed by atoms with Crippen molar-refractivity contribution in [3.63, 3.8) is 0 Å². The number of methoxy groups -OCH3 is 2. The molecule has 1 aliphatic carbocycles. The van der Waals surface area contributed by atoms with Gasteiger partial charge in [-0.15, -0.1) is 11.3 Å². The van der Waals surface area contributed by atoms with Crippen LogP contribution in [0.4, 0.5) is 5.00 Å². The number of ether oxygens (including phenoxy) is 2. The molecule has 0 fully saturated rings. The number of nitrogens with zero attached hydrogens (tertiary/aromatic N) is 2. The number of aromatic nitrogens is 2. The summed E-state index contributed by atoms with van der Waals surface area (Å²) >= 11 is 2.44. The highest BCUT2D eigenvalue weighted by Crippen LogP contribution is 2.39. The van der Waals surface area contributed by atoms with Gasteiger partial charge in [0, 0.05) is 17.0 Å². The molecule has 0 saturated carbocycles. The standard InChI is InChI=1S/C22H23N3O6S2/c1-12(32-20-22(28)31-24-25(20)13-8-10-14(29-2)11-9-13)18(26)23-19-17(21(27)30-3)15-6-4-5-7-16(15)33-19/h8-12H,4-7H2,1-3H3,(H-,23,24,26,27,28). The lowest BCUT2D eigenvalue weighted by Crippen LogP contribution is -2.36. The first-order valence-corrected chi connectivity index (χ1v) is 12.1. The van der Waals surface area contributed by atoms with Crippen molar-refractivity contribution < 1.29 is 33.4 Å². The number of aryl methyl sites for hydroxylation is 1. The first-order chi connectivity index (χ1) is 15.9. The van der Waals surface area contributed by atoms with Crippen LogP contribution in [0.2, 0.25) is 0 Å². The fraction of sp³-hybridized carbons (Fsp3) is 0.364. The molecule has 1 atom stereocenters. The zero-order valence-electron chi connectivity index (χ0n) is 18.4. The van der Waals surface area contributed by atoms with Gasteiger partial charge in [-0.1, -0.05) is 0 Å². The minimum Gasteiger partial charge on any atom is -0.538 e. The molecule has 0 saturated heterocycles. The van der Waals surface area contributed by atoms with E-state index in [0.717, 1.165) is 47.9 Å². The summed E-state index contributed by atoms with van der Waals surface area (Å²) in [5, 5.41) is 19.0. The molecule has 0 spiro atoms. The summed E-state index contributed by atoms with van der Waals surface area (Å²) in [7, 11) is 2.89. The third-order valence-corrected chi connectivity index (χ3v) is 7.68. The molecule has 174 valence electrons. The smallest absolute Gasteiger partial charge is 0.341 e. The van der Waals surface area contributed by atoms with E-state index in [2.05, 4.69) is 10.6 Å². The summed E-state index contributed by atoms with van der Waals surface area (Å²) in [4.78, 5) is 26.5. The number of benzene rings is 1. The monoisotopic (exact) mass is 489 g/mol. The first-order valence-electron chi connectivity index (χ1n) is 10.4. The molecule has 1 aliphatic rings. The third kappa shape index (κ3) is 4.69. The number of hydrogen-bond donors (Lipinski definition) is 1. The number of thiophene rings is 1. The van der Waals surface area contributed by atoms with Crippen LogP contribution in [0, 0.1) is 0 Å². The van der Waals surface area contributed by atoms with E-state index in [1.54, 1.807) is 38.3 Å². The largest absolute Gasteiger partial charge is 0.538 e. The topological polar surface area (TPSA) is 118 Å². The van der Waals surface area contributed by atoms with Crippen molar-refractivity contribution >= 4 is 40.0 Å². The minimum absolute atomic E-state index is 0.168. The lowest BCUT2D eigenvalue weighted by Gasteiger charge is -2.12. The maximum atomic E-state index is 13.0. The van der Waals surface area contributed by atoms with Crippen molar-refractivity contribution in [3.05, 3.63) is 40.3 Å². The van der Waals surface area contributed by atoms with Gasteiger partial charge in [0.15, 0.2) is 5.95 Å². The molecule has 0 bridgehead atoms. The van der Waals surface area contributed by atoms with Gasteiger partial charge in [0.05, 0.1) is 30.3 Å². The van der Waals surface area contributed by atoms with Crippen molar-refractivity contribution in [2.24, 2.45) is 0 Å². The Morgan fingerprint density at radius 1 is 1.24 bits per heavy atom. The Labute approximate surface area is 198 Å². The predicted molar refractivity (Wildman–Crippen MR) is 120 cm³/mol. The molecular weight excluding hydrogens is 466 g/mol. The number of anilines is 1. The number of carbonyl (C=O) groups is 2. The Morgan fingerprint density at radius 2 is 1.97 bits per heavy atom. The number of hydrogen-bond acceptors (Lipinski definition) is 9. The van der Waals surface area contributed by atoms with Crippen LogP contribution in [-0.2, 0) is 22.4 Å². The van der Waals surface area contributed by atoms with Crippen molar-refractivity contribution in [2.75, 3.05) is 19.5 Å². The lowest BCUT2D eigenvalue weighted by molar-refractivity contribution is -0.705. The number of esters is 1. The quantitative estimate of drug-likeness (QED) is 0.306. The summed E-state index contributed by atoms with van der Waals surface area (Å²) < 4.78 is 16.3. The van der Waals surface area contributed by atoms with E-state index in [-0.39, 0.29) is 10.9 Å². The Bertz CT molecular complexity index is 1170. The second kappa shape index (κ2) is 9.84. The highest BCUT2D eigenvalue weighted by Gasteiger charge is 2.30. The van der Waals surface area contributed by atoms with E-state index in [4.69, 9.17) is 14.0 Å². The first kappa shape index (κ1) is 23.1. The molecule has 2 heterocycles. The van der Waals surface area contributed by atoms with Crippen LogP contribution in [-0.4, -0.2) is 36.6 Å². The second-order valence-electron chi connectivity index (χ2n) is 7.43. The van der Waals surface area contributed by atoms with Crippen LogP contribution in [0.1, 0.15) is 40.6 Å². The molecule has 4 rings (SSSR count). The van der Waals surface area contributed by atoms with E-state index < -0.39 is 17.2 Å². The highest BCUT2D eigenvalue weighted by molar-refractivity contribution is 8.00. The Hall–Kier alpha value is -3.05. The zero-order chi connectivity index (χ0) is 23.5. The SMILES string of the molecule is COC(=O)c1c(NC(=O)C(C)Sc2c([O-])on[n+]2-c2ccc(OC)cc2)sc2c1CCCC2. The van der Waals surface area contributed by atoms with Crippen LogP contribution >= 0.6 is 23.1 Å².